The number of anilines is 1. The normalized spacial score (nSPS) is 11.6. The van der Waals surface area contributed by atoms with E-state index in [-0.39, 0.29) is 17.7 Å². The minimum absolute atomic E-state index is 0.270. The number of carbonyl (C=O) groups is 1. The topological polar surface area (TPSA) is 76.1 Å². The third-order valence-electron chi connectivity index (χ3n) is 3.59. The van der Waals surface area contributed by atoms with Gasteiger partial charge in [-0.2, -0.15) is 0 Å². The minimum atomic E-state index is -0.814. The number of amides is 1. The molecule has 1 heterocycles. The number of ether oxygens (including phenoxy) is 1. The Hall–Kier alpha value is -3.32. The summed E-state index contributed by atoms with van der Waals surface area (Å²) in [7, 11) is 1.45. The lowest BCUT2D eigenvalue weighted by molar-refractivity contribution is 0.0687. The molecular formula is C19H17FN4O2. The molecule has 0 radical (unpaired) electrons. The summed E-state index contributed by atoms with van der Waals surface area (Å²) in [5.74, 6) is -0.337. The maximum absolute atomic E-state index is 13.1. The second-order valence-electron chi connectivity index (χ2n) is 5.37. The summed E-state index contributed by atoms with van der Waals surface area (Å²) < 4.78 is 18.3. The summed E-state index contributed by atoms with van der Waals surface area (Å²) in [6.45, 7) is 0. The van der Waals surface area contributed by atoms with E-state index in [1.807, 2.05) is 6.07 Å². The SMILES string of the molecule is COC(NC(=O)c1ccccc1)Nc1nccc(-c2ccc(F)cc2)n1. The molecule has 3 aromatic rings. The predicted octanol–water partition coefficient (Wildman–Crippen LogP) is 3.05. The molecular weight excluding hydrogens is 335 g/mol. The molecule has 1 atom stereocenters. The van der Waals surface area contributed by atoms with E-state index in [9.17, 15) is 9.18 Å². The van der Waals surface area contributed by atoms with E-state index in [2.05, 4.69) is 20.6 Å². The summed E-state index contributed by atoms with van der Waals surface area (Å²) in [5, 5.41) is 5.60. The quantitative estimate of drug-likeness (QED) is 0.667. The Balaban J connectivity index is 1.71. The fraction of sp³-hybridized carbons (Fsp3) is 0.105. The van der Waals surface area contributed by atoms with Gasteiger partial charge in [0, 0.05) is 24.4 Å². The van der Waals surface area contributed by atoms with Crippen molar-refractivity contribution in [3.63, 3.8) is 0 Å². The summed E-state index contributed by atoms with van der Waals surface area (Å²) in [4.78, 5) is 20.7. The zero-order valence-corrected chi connectivity index (χ0v) is 14.0. The zero-order chi connectivity index (χ0) is 18.4. The smallest absolute Gasteiger partial charge is 0.254 e. The molecule has 1 amide bonds. The molecule has 7 heteroatoms. The highest BCUT2D eigenvalue weighted by molar-refractivity contribution is 5.94. The molecule has 0 bridgehead atoms. The van der Waals surface area contributed by atoms with E-state index >= 15 is 0 Å². The highest BCUT2D eigenvalue weighted by atomic mass is 19.1. The maximum Gasteiger partial charge on any atom is 0.254 e. The first-order valence-corrected chi connectivity index (χ1v) is 7.90. The standard InChI is InChI=1S/C19H17FN4O2/c1-26-19(23-17(25)14-5-3-2-4-6-14)24-18-21-12-11-16(22-18)13-7-9-15(20)10-8-13/h2-12,19H,1H3,(H,23,25)(H,21,22,24). The molecule has 6 nitrogen and oxygen atoms in total. The first-order valence-electron chi connectivity index (χ1n) is 7.90. The maximum atomic E-state index is 13.1. The Labute approximate surface area is 150 Å². The number of methoxy groups -OCH3 is 1. The number of halogens is 1. The van der Waals surface area contributed by atoms with Crippen LogP contribution in [0.5, 0.6) is 0 Å². The number of carbonyl (C=O) groups excluding carboxylic acids is 1. The van der Waals surface area contributed by atoms with Crippen LogP contribution in [0.4, 0.5) is 10.3 Å². The molecule has 132 valence electrons. The molecule has 1 aromatic heterocycles. The number of aromatic nitrogens is 2. The van der Waals surface area contributed by atoms with Gasteiger partial charge in [-0.25, -0.2) is 14.4 Å². The molecule has 26 heavy (non-hydrogen) atoms. The number of hydrogen-bond acceptors (Lipinski definition) is 5. The van der Waals surface area contributed by atoms with Crippen LogP contribution in [-0.2, 0) is 4.74 Å². The van der Waals surface area contributed by atoms with E-state index in [1.165, 1.54) is 19.2 Å². The van der Waals surface area contributed by atoms with Crippen molar-refractivity contribution in [2.24, 2.45) is 0 Å². The third-order valence-corrected chi connectivity index (χ3v) is 3.59. The Kier molecular flexibility index (Phi) is 5.50. The largest absolute Gasteiger partial charge is 0.344 e. The molecule has 0 saturated heterocycles. The van der Waals surface area contributed by atoms with Gasteiger partial charge in [0.25, 0.3) is 5.91 Å². The average Bonchev–Trinajstić information content (AvgIpc) is 2.69. The van der Waals surface area contributed by atoms with Gasteiger partial charge >= 0.3 is 0 Å². The Bertz CT molecular complexity index is 872. The number of nitrogens with zero attached hydrogens (tertiary/aromatic N) is 2. The second-order valence-corrected chi connectivity index (χ2v) is 5.37. The van der Waals surface area contributed by atoms with Gasteiger partial charge in [-0.05, 0) is 42.5 Å². The summed E-state index contributed by atoms with van der Waals surface area (Å²) >= 11 is 0. The fourth-order valence-electron chi connectivity index (χ4n) is 2.27. The van der Waals surface area contributed by atoms with Gasteiger partial charge in [0.15, 0.2) is 0 Å². The van der Waals surface area contributed by atoms with Crippen LogP contribution < -0.4 is 10.6 Å². The highest BCUT2D eigenvalue weighted by Gasteiger charge is 2.14. The van der Waals surface area contributed by atoms with Gasteiger partial charge in [0.05, 0.1) is 5.69 Å². The molecule has 3 rings (SSSR count). The Morgan fingerprint density at radius 2 is 1.81 bits per heavy atom. The van der Waals surface area contributed by atoms with E-state index in [4.69, 9.17) is 4.74 Å². The van der Waals surface area contributed by atoms with Crippen molar-refractivity contribution in [1.82, 2.24) is 15.3 Å². The summed E-state index contributed by atoms with van der Waals surface area (Å²) in [6, 6.07) is 16.5. The van der Waals surface area contributed by atoms with Gasteiger partial charge in [-0.15, -0.1) is 0 Å². The van der Waals surface area contributed by atoms with Gasteiger partial charge < -0.3 is 15.4 Å². The second kappa shape index (κ2) is 8.17. The molecule has 2 aromatic carbocycles. The van der Waals surface area contributed by atoms with Crippen LogP contribution >= 0.6 is 0 Å². The molecule has 0 aliphatic carbocycles. The van der Waals surface area contributed by atoms with Crippen molar-refractivity contribution in [2.75, 3.05) is 12.4 Å². The van der Waals surface area contributed by atoms with Crippen LogP contribution in [0.3, 0.4) is 0 Å². The molecule has 0 spiro atoms. The number of nitrogens with one attached hydrogen (secondary N) is 2. The van der Waals surface area contributed by atoms with Crippen LogP contribution in [-0.4, -0.2) is 29.3 Å². The average molecular weight is 352 g/mol. The number of rotatable bonds is 6. The lowest BCUT2D eigenvalue weighted by Gasteiger charge is -2.18. The van der Waals surface area contributed by atoms with Crippen LogP contribution in [0, 0.1) is 5.82 Å². The molecule has 0 aliphatic heterocycles. The monoisotopic (exact) mass is 352 g/mol. The highest BCUT2D eigenvalue weighted by Crippen LogP contribution is 2.18. The van der Waals surface area contributed by atoms with Crippen molar-refractivity contribution in [2.45, 2.75) is 6.35 Å². The molecule has 0 saturated carbocycles. The van der Waals surface area contributed by atoms with Gasteiger partial charge in [-0.1, -0.05) is 18.2 Å². The van der Waals surface area contributed by atoms with Gasteiger partial charge in [-0.3, -0.25) is 4.79 Å². The van der Waals surface area contributed by atoms with Gasteiger partial charge in [0.2, 0.25) is 12.3 Å². The van der Waals surface area contributed by atoms with Crippen LogP contribution in [0.15, 0.2) is 66.9 Å². The van der Waals surface area contributed by atoms with Crippen LogP contribution in [0.2, 0.25) is 0 Å². The van der Waals surface area contributed by atoms with Crippen molar-refractivity contribution >= 4 is 11.9 Å². The van der Waals surface area contributed by atoms with Crippen molar-refractivity contribution in [1.29, 1.82) is 0 Å². The Morgan fingerprint density at radius 3 is 2.50 bits per heavy atom. The number of hydrogen-bond donors (Lipinski definition) is 2. The van der Waals surface area contributed by atoms with E-state index in [0.717, 1.165) is 5.56 Å². The lowest BCUT2D eigenvalue weighted by atomic mass is 10.1. The van der Waals surface area contributed by atoms with E-state index in [0.29, 0.717) is 11.3 Å². The van der Waals surface area contributed by atoms with Crippen molar-refractivity contribution in [3.8, 4) is 11.3 Å². The first kappa shape index (κ1) is 17.5. The summed E-state index contributed by atoms with van der Waals surface area (Å²) in [5.41, 5.74) is 1.88. The zero-order valence-electron chi connectivity index (χ0n) is 14.0. The minimum Gasteiger partial charge on any atom is -0.344 e. The predicted molar refractivity (Wildman–Crippen MR) is 95.8 cm³/mol. The molecule has 1 unspecified atom stereocenters. The van der Waals surface area contributed by atoms with E-state index < -0.39 is 6.35 Å². The number of benzene rings is 2. The lowest BCUT2D eigenvalue weighted by Crippen LogP contribution is -2.42. The summed E-state index contributed by atoms with van der Waals surface area (Å²) in [6.07, 6.45) is 0.755. The molecule has 0 aliphatic rings. The van der Waals surface area contributed by atoms with Crippen molar-refractivity contribution < 1.29 is 13.9 Å². The first-order chi connectivity index (χ1) is 12.7. The van der Waals surface area contributed by atoms with Crippen molar-refractivity contribution in [3.05, 3.63) is 78.2 Å². The fourth-order valence-corrected chi connectivity index (χ4v) is 2.27. The Morgan fingerprint density at radius 1 is 1.08 bits per heavy atom. The molecule has 2 N–H and O–H groups in total. The molecule has 0 fully saturated rings. The van der Waals surface area contributed by atoms with Crippen LogP contribution in [0.25, 0.3) is 11.3 Å². The van der Waals surface area contributed by atoms with Gasteiger partial charge in [0.1, 0.15) is 5.82 Å². The van der Waals surface area contributed by atoms with E-state index in [1.54, 1.807) is 48.7 Å². The third kappa shape index (κ3) is 4.40. The van der Waals surface area contributed by atoms with Crippen LogP contribution in [0.1, 0.15) is 10.4 Å².